The zero-order valence-electron chi connectivity index (χ0n) is 9.37. The Kier molecular flexibility index (Phi) is 2.80. The molecule has 2 fully saturated rings. The van der Waals surface area contributed by atoms with Crippen LogP contribution in [0.4, 0.5) is 0 Å². The first kappa shape index (κ1) is 10.0. The summed E-state index contributed by atoms with van der Waals surface area (Å²) in [6.45, 7) is 5.23. The van der Waals surface area contributed by atoms with Gasteiger partial charge in [0.15, 0.2) is 0 Å². The van der Waals surface area contributed by atoms with Crippen LogP contribution in [0, 0.1) is 23.7 Å². The third-order valence-electron chi connectivity index (χ3n) is 3.53. The highest BCUT2D eigenvalue weighted by molar-refractivity contribution is 5.82. The topological polar surface area (TPSA) is 38.4 Å². The molecule has 0 atom stereocenters. The summed E-state index contributed by atoms with van der Waals surface area (Å²) in [7, 11) is 0. The van der Waals surface area contributed by atoms with E-state index < -0.39 is 0 Å². The smallest absolute Gasteiger partial charge is 0.0962 e. The van der Waals surface area contributed by atoms with Crippen LogP contribution in [-0.2, 0) is 0 Å². The molecule has 0 aromatic heterocycles. The maximum absolute atomic E-state index is 5.86. The maximum atomic E-state index is 5.86. The number of rotatable bonds is 5. The Labute approximate surface area is 87.0 Å². The average Bonchev–Trinajstić information content (AvgIpc) is 2.99. The van der Waals surface area contributed by atoms with Crippen molar-refractivity contribution in [2.75, 3.05) is 6.54 Å². The highest BCUT2D eigenvalue weighted by Crippen LogP contribution is 2.49. The van der Waals surface area contributed by atoms with Gasteiger partial charge < -0.3 is 5.73 Å². The molecule has 14 heavy (non-hydrogen) atoms. The lowest BCUT2D eigenvalue weighted by atomic mass is 9.98. The Morgan fingerprint density at radius 3 is 2.07 bits per heavy atom. The third-order valence-corrected chi connectivity index (χ3v) is 3.53. The van der Waals surface area contributed by atoms with Crippen LogP contribution < -0.4 is 5.73 Å². The fourth-order valence-electron chi connectivity index (χ4n) is 2.13. The van der Waals surface area contributed by atoms with Gasteiger partial charge in [-0.2, -0.15) is 0 Å². The molecule has 2 nitrogen and oxygen atoms in total. The van der Waals surface area contributed by atoms with Crippen molar-refractivity contribution in [1.29, 1.82) is 0 Å². The fourth-order valence-corrected chi connectivity index (χ4v) is 2.13. The van der Waals surface area contributed by atoms with E-state index in [0.717, 1.165) is 30.1 Å². The fraction of sp³-hybridized carbons (Fsp3) is 0.917. The summed E-state index contributed by atoms with van der Waals surface area (Å²) in [5.41, 5.74) is 5.86. The van der Waals surface area contributed by atoms with E-state index in [4.69, 9.17) is 5.73 Å². The Morgan fingerprint density at radius 1 is 1.21 bits per heavy atom. The molecular weight excluding hydrogens is 172 g/mol. The van der Waals surface area contributed by atoms with Crippen molar-refractivity contribution in [3.8, 4) is 0 Å². The normalized spacial score (nSPS) is 23.6. The van der Waals surface area contributed by atoms with Gasteiger partial charge in [0.25, 0.3) is 0 Å². The second-order valence-corrected chi connectivity index (χ2v) is 5.26. The van der Waals surface area contributed by atoms with Crippen molar-refractivity contribution in [1.82, 2.24) is 0 Å². The minimum Gasteiger partial charge on any atom is -0.387 e. The monoisotopic (exact) mass is 194 g/mol. The maximum Gasteiger partial charge on any atom is 0.0962 e. The van der Waals surface area contributed by atoms with Crippen molar-refractivity contribution < 1.29 is 0 Å². The molecule has 0 aromatic rings. The molecule has 0 spiro atoms. The molecule has 2 saturated carbocycles. The van der Waals surface area contributed by atoms with E-state index in [1.54, 1.807) is 0 Å². The summed E-state index contributed by atoms with van der Waals surface area (Å²) in [4.78, 5) is 4.54. The van der Waals surface area contributed by atoms with Crippen molar-refractivity contribution in [3.05, 3.63) is 0 Å². The summed E-state index contributed by atoms with van der Waals surface area (Å²) in [6, 6.07) is 0. The lowest BCUT2D eigenvalue weighted by Crippen LogP contribution is -2.21. The van der Waals surface area contributed by atoms with Gasteiger partial charge in [-0.25, -0.2) is 0 Å². The van der Waals surface area contributed by atoms with Gasteiger partial charge in [-0.05, 0) is 43.4 Å². The number of nitrogens with zero attached hydrogens (tertiary/aromatic N) is 1. The molecule has 0 radical (unpaired) electrons. The summed E-state index contributed by atoms with van der Waals surface area (Å²) in [5.74, 6) is 4.11. The molecule has 0 saturated heterocycles. The molecule has 2 rings (SSSR count). The summed E-state index contributed by atoms with van der Waals surface area (Å²) < 4.78 is 0. The van der Waals surface area contributed by atoms with Crippen molar-refractivity contribution in [2.45, 2.75) is 39.5 Å². The Balaban J connectivity index is 1.84. The zero-order valence-corrected chi connectivity index (χ0v) is 9.37. The van der Waals surface area contributed by atoms with E-state index in [1.807, 2.05) is 0 Å². The van der Waals surface area contributed by atoms with Gasteiger partial charge in [0.05, 0.1) is 5.84 Å². The molecule has 0 heterocycles. The SMILES string of the molecule is CC(C)C(N)=NCC(C1CC1)C1CC1. The molecule has 0 aromatic carbocycles. The van der Waals surface area contributed by atoms with E-state index in [0.29, 0.717) is 5.92 Å². The molecule has 0 bridgehead atoms. The van der Waals surface area contributed by atoms with Crippen LogP contribution in [0.15, 0.2) is 4.99 Å². The van der Waals surface area contributed by atoms with Gasteiger partial charge in [-0.15, -0.1) is 0 Å². The zero-order chi connectivity index (χ0) is 10.1. The van der Waals surface area contributed by atoms with Crippen LogP contribution in [0.5, 0.6) is 0 Å². The van der Waals surface area contributed by atoms with E-state index in [9.17, 15) is 0 Å². The van der Waals surface area contributed by atoms with Crippen molar-refractivity contribution >= 4 is 5.84 Å². The van der Waals surface area contributed by atoms with Crippen LogP contribution in [-0.4, -0.2) is 12.4 Å². The molecule has 2 heteroatoms. The molecule has 80 valence electrons. The van der Waals surface area contributed by atoms with Gasteiger partial charge in [0, 0.05) is 12.5 Å². The van der Waals surface area contributed by atoms with Gasteiger partial charge >= 0.3 is 0 Å². The first-order chi connectivity index (χ1) is 6.68. The molecule has 2 aliphatic carbocycles. The second kappa shape index (κ2) is 3.92. The van der Waals surface area contributed by atoms with Gasteiger partial charge in [-0.3, -0.25) is 4.99 Å². The number of hydrogen-bond acceptors (Lipinski definition) is 1. The lowest BCUT2D eigenvalue weighted by Gasteiger charge is -2.13. The standard InChI is InChI=1S/C12H22N2/c1-8(2)12(13)14-7-11(9-3-4-9)10-5-6-10/h8-11H,3-7H2,1-2H3,(H2,13,14). The summed E-state index contributed by atoms with van der Waals surface area (Å²) >= 11 is 0. The van der Waals surface area contributed by atoms with Crippen LogP contribution >= 0.6 is 0 Å². The first-order valence-electron chi connectivity index (χ1n) is 5.98. The van der Waals surface area contributed by atoms with Crippen molar-refractivity contribution in [2.24, 2.45) is 34.4 Å². The van der Waals surface area contributed by atoms with Crippen LogP contribution in [0.2, 0.25) is 0 Å². The van der Waals surface area contributed by atoms with E-state index >= 15 is 0 Å². The second-order valence-electron chi connectivity index (χ2n) is 5.26. The minimum atomic E-state index is 0.411. The average molecular weight is 194 g/mol. The van der Waals surface area contributed by atoms with Gasteiger partial charge in [0.1, 0.15) is 0 Å². The Hall–Kier alpha value is -0.530. The number of hydrogen-bond donors (Lipinski definition) is 1. The minimum absolute atomic E-state index is 0.411. The van der Waals surface area contributed by atoms with Gasteiger partial charge in [0.2, 0.25) is 0 Å². The number of nitrogens with two attached hydrogens (primary N) is 1. The Bertz CT molecular complexity index is 212. The van der Waals surface area contributed by atoms with Crippen LogP contribution in [0.3, 0.4) is 0 Å². The molecule has 0 amide bonds. The molecule has 0 unspecified atom stereocenters. The van der Waals surface area contributed by atoms with Crippen LogP contribution in [0.1, 0.15) is 39.5 Å². The third kappa shape index (κ3) is 2.49. The quantitative estimate of drug-likeness (QED) is 0.530. The molecule has 0 aliphatic heterocycles. The largest absolute Gasteiger partial charge is 0.387 e. The van der Waals surface area contributed by atoms with Crippen LogP contribution in [0.25, 0.3) is 0 Å². The predicted molar refractivity (Wildman–Crippen MR) is 60.3 cm³/mol. The van der Waals surface area contributed by atoms with E-state index in [-0.39, 0.29) is 0 Å². The lowest BCUT2D eigenvalue weighted by molar-refractivity contribution is 0.417. The highest BCUT2D eigenvalue weighted by atomic mass is 14.9. The highest BCUT2D eigenvalue weighted by Gasteiger charge is 2.40. The molecular formula is C12H22N2. The summed E-state index contributed by atoms with van der Waals surface area (Å²) in [5, 5.41) is 0. The predicted octanol–water partition coefficient (Wildman–Crippen LogP) is 2.44. The number of amidine groups is 1. The molecule has 2 N–H and O–H groups in total. The van der Waals surface area contributed by atoms with E-state index in [1.165, 1.54) is 25.7 Å². The number of aliphatic imine (C=N–C) groups is 1. The summed E-state index contributed by atoms with van der Waals surface area (Å²) in [6.07, 6.45) is 5.77. The first-order valence-corrected chi connectivity index (χ1v) is 5.98. The Morgan fingerprint density at radius 2 is 1.71 bits per heavy atom. The van der Waals surface area contributed by atoms with E-state index in [2.05, 4.69) is 18.8 Å². The molecule has 2 aliphatic rings. The van der Waals surface area contributed by atoms with Crippen molar-refractivity contribution in [3.63, 3.8) is 0 Å². The van der Waals surface area contributed by atoms with Gasteiger partial charge in [-0.1, -0.05) is 13.8 Å².